The maximum atomic E-state index is 13.1. The summed E-state index contributed by atoms with van der Waals surface area (Å²) in [5, 5.41) is 3.47. The average Bonchev–Trinajstić information content (AvgIpc) is 2.81. The zero-order chi connectivity index (χ0) is 15.0. The molecular formula is C15H9ClF2N2O. The first-order valence-electron chi connectivity index (χ1n) is 6.09. The van der Waals surface area contributed by atoms with Gasteiger partial charge < -0.3 is 10.3 Å². The zero-order valence-electron chi connectivity index (χ0n) is 10.6. The summed E-state index contributed by atoms with van der Waals surface area (Å²) in [6.07, 6.45) is 0. The van der Waals surface area contributed by atoms with Crippen molar-refractivity contribution in [1.82, 2.24) is 4.98 Å². The van der Waals surface area contributed by atoms with Gasteiger partial charge in [0.2, 0.25) is 0 Å². The van der Waals surface area contributed by atoms with E-state index in [0.717, 1.165) is 23.0 Å². The van der Waals surface area contributed by atoms with Crippen LogP contribution in [-0.2, 0) is 0 Å². The molecule has 0 atom stereocenters. The highest BCUT2D eigenvalue weighted by Gasteiger charge is 2.16. The van der Waals surface area contributed by atoms with Crippen LogP contribution in [0.4, 0.5) is 14.5 Å². The van der Waals surface area contributed by atoms with Crippen LogP contribution < -0.4 is 5.32 Å². The Balaban J connectivity index is 1.93. The van der Waals surface area contributed by atoms with Crippen LogP contribution in [0.25, 0.3) is 10.9 Å². The highest BCUT2D eigenvalue weighted by Crippen LogP contribution is 2.27. The number of fused-ring (bicyclic) bond motifs is 1. The summed E-state index contributed by atoms with van der Waals surface area (Å²) in [4.78, 5) is 15.1. The first-order valence-corrected chi connectivity index (χ1v) is 6.46. The van der Waals surface area contributed by atoms with Crippen LogP contribution in [0.15, 0.2) is 42.5 Å². The van der Waals surface area contributed by atoms with Crippen molar-refractivity contribution in [3.63, 3.8) is 0 Å². The van der Waals surface area contributed by atoms with E-state index < -0.39 is 17.5 Å². The summed E-state index contributed by atoms with van der Waals surface area (Å²) in [7, 11) is 0. The molecule has 3 rings (SSSR count). The van der Waals surface area contributed by atoms with Crippen LogP contribution in [0.2, 0.25) is 5.02 Å². The summed E-state index contributed by atoms with van der Waals surface area (Å²) >= 11 is 6.15. The van der Waals surface area contributed by atoms with Crippen molar-refractivity contribution in [3.05, 3.63) is 64.8 Å². The topological polar surface area (TPSA) is 44.9 Å². The third kappa shape index (κ3) is 2.48. The molecule has 0 aliphatic heterocycles. The number of para-hydroxylation sites is 1. The number of aromatic nitrogens is 1. The van der Waals surface area contributed by atoms with Crippen molar-refractivity contribution in [2.24, 2.45) is 0 Å². The number of carbonyl (C=O) groups excluding carboxylic acids is 1. The first kappa shape index (κ1) is 13.6. The number of amides is 1. The molecule has 0 aliphatic carbocycles. The second kappa shape index (κ2) is 5.18. The molecule has 0 fully saturated rings. The van der Waals surface area contributed by atoms with E-state index in [-0.39, 0.29) is 16.4 Å². The fourth-order valence-electron chi connectivity index (χ4n) is 2.03. The third-order valence-electron chi connectivity index (χ3n) is 3.05. The molecule has 2 N–H and O–H groups in total. The Morgan fingerprint density at radius 2 is 1.86 bits per heavy atom. The number of aromatic amines is 1. The van der Waals surface area contributed by atoms with Gasteiger partial charge in [-0.3, -0.25) is 4.79 Å². The number of hydrogen-bond donors (Lipinski definition) is 2. The molecule has 0 bridgehead atoms. The van der Waals surface area contributed by atoms with E-state index in [2.05, 4.69) is 10.3 Å². The molecule has 6 heteroatoms. The Morgan fingerprint density at radius 1 is 1.10 bits per heavy atom. The standard InChI is InChI=1S/C15H9ClF2N2O/c16-13-9-3-1-2-4-12(9)20-14(13)15(21)19-8-5-6-10(17)11(18)7-8/h1-7,20H,(H,19,21). The van der Waals surface area contributed by atoms with E-state index in [1.165, 1.54) is 6.07 Å². The van der Waals surface area contributed by atoms with Crippen molar-refractivity contribution >= 4 is 34.1 Å². The fraction of sp³-hybridized carbons (Fsp3) is 0. The minimum Gasteiger partial charge on any atom is -0.349 e. The minimum absolute atomic E-state index is 0.147. The number of benzene rings is 2. The number of rotatable bonds is 2. The molecule has 106 valence electrons. The summed E-state index contributed by atoms with van der Waals surface area (Å²) in [6.45, 7) is 0. The van der Waals surface area contributed by atoms with E-state index in [9.17, 15) is 13.6 Å². The van der Waals surface area contributed by atoms with E-state index in [1.54, 1.807) is 18.2 Å². The lowest BCUT2D eigenvalue weighted by Gasteiger charge is -2.04. The molecule has 2 aromatic carbocycles. The van der Waals surface area contributed by atoms with Crippen molar-refractivity contribution < 1.29 is 13.6 Å². The molecular weight excluding hydrogens is 298 g/mol. The number of anilines is 1. The van der Waals surface area contributed by atoms with Gasteiger partial charge >= 0.3 is 0 Å². The number of nitrogens with one attached hydrogen (secondary N) is 2. The minimum atomic E-state index is -1.03. The van der Waals surface area contributed by atoms with Gasteiger partial charge in [-0.05, 0) is 18.2 Å². The summed E-state index contributed by atoms with van der Waals surface area (Å²) < 4.78 is 26.0. The summed E-state index contributed by atoms with van der Waals surface area (Å²) in [6, 6.07) is 10.3. The quantitative estimate of drug-likeness (QED) is 0.726. The van der Waals surface area contributed by atoms with Gasteiger partial charge in [0.15, 0.2) is 11.6 Å². The van der Waals surface area contributed by atoms with E-state index in [1.807, 2.05) is 6.07 Å². The molecule has 0 spiro atoms. The third-order valence-corrected chi connectivity index (χ3v) is 3.44. The van der Waals surface area contributed by atoms with Gasteiger partial charge in [0, 0.05) is 22.7 Å². The largest absolute Gasteiger partial charge is 0.349 e. The van der Waals surface area contributed by atoms with Crippen molar-refractivity contribution in [2.75, 3.05) is 5.32 Å². The van der Waals surface area contributed by atoms with Gasteiger partial charge in [-0.25, -0.2) is 8.78 Å². The van der Waals surface area contributed by atoms with Crippen LogP contribution in [0.3, 0.4) is 0 Å². The molecule has 1 amide bonds. The normalized spacial score (nSPS) is 10.8. The molecule has 3 aromatic rings. The van der Waals surface area contributed by atoms with Crippen molar-refractivity contribution in [1.29, 1.82) is 0 Å². The molecule has 0 saturated carbocycles. The monoisotopic (exact) mass is 306 g/mol. The maximum Gasteiger partial charge on any atom is 0.273 e. The number of hydrogen-bond acceptors (Lipinski definition) is 1. The smallest absolute Gasteiger partial charge is 0.273 e. The van der Waals surface area contributed by atoms with Crippen LogP contribution in [0, 0.1) is 11.6 Å². The van der Waals surface area contributed by atoms with Crippen molar-refractivity contribution in [3.8, 4) is 0 Å². The van der Waals surface area contributed by atoms with E-state index in [4.69, 9.17) is 11.6 Å². The molecule has 0 aliphatic rings. The number of halogens is 3. The lowest BCUT2D eigenvalue weighted by Crippen LogP contribution is -2.13. The van der Waals surface area contributed by atoms with Gasteiger partial charge in [0.05, 0.1) is 5.02 Å². The van der Waals surface area contributed by atoms with Crippen molar-refractivity contribution in [2.45, 2.75) is 0 Å². The fourth-order valence-corrected chi connectivity index (χ4v) is 2.33. The lowest BCUT2D eigenvalue weighted by molar-refractivity contribution is 0.102. The number of carbonyl (C=O) groups is 1. The SMILES string of the molecule is O=C(Nc1ccc(F)c(F)c1)c1[nH]c2ccccc2c1Cl. The molecule has 21 heavy (non-hydrogen) atoms. The predicted octanol–water partition coefficient (Wildman–Crippen LogP) is 4.35. The molecule has 1 aromatic heterocycles. The first-order chi connectivity index (χ1) is 10.1. The Hall–Kier alpha value is -2.40. The molecule has 0 radical (unpaired) electrons. The molecule has 1 heterocycles. The lowest BCUT2D eigenvalue weighted by atomic mass is 10.2. The Labute approximate surface area is 123 Å². The van der Waals surface area contributed by atoms with E-state index in [0.29, 0.717) is 0 Å². The van der Waals surface area contributed by atoms with Gasteiger partial charge in [-0.2, -0.15) is 0 Å². The Bertz CT molecular complexity index is 845. The molecule has 0 saturated heterocycles. The van der Waals surface area contributed by atoms with Gasteiger partial charge in [0.1, 0.15) is 5.69 Å². The van der Waals surface area contributed by atoms with Crippen LogP contribution in [-0.4, -0.2) is 10.9 Å². The number of H-pyrrole nitrogens is 1. The van der Waals surface area contributed by atoms with Crippen LogP contribution in [0.5, 0.6) is 0 Å². The highest BCUT2D eigenvalue weighted by molar-refractivity contribution is 6.39. The Kier molecular flexibility index (Phi) is 3.35. The second-order valence-electron chi connectivity index (χ2n) is 4.44. The summed E-state index contributed by atoms with van der Waals surface area (Å²) in [5.41, 5.74) is 1.04. The van der Waals surface area contributed by atoms with Gasteiger partial charge in [-0.15, -0.1) is 0 Å². The molecule has 3 nitrogen and oxygen atoms in total. The average molecular weight is 307 g/mol. The maximum absolute atomic E-state index is 13.1. The summed E-state index contributed by atoms with van der Waals surface area (Å²) in [5.74, 6) is -2.53. The zero-order valence-corrected chi connectivity index (χ0v) is 11.3. The Morgan fingerprint density at radius 3 is 2.57 bits per heavy atom. The second-order valence-corrected chi connectivity index (χ2v) is 4.82. The molecule has 0 unspecified atom stereocenters. The van der Waals surface area contributed by atoms with Crippen LogP contribution >= 0.6 is 11.6 Å². The van der Waals surface area contributed by atoms with Crippen LogP contribution in [0.1, 0.15) is 10.5 Å². The van der Waals surface area contributed by atoms with Gasteiger partial charge in [0.25, 0.3) is 5.91 Å². The predicted molar refractivity (Wildman–Crippen MR) is 77.6 cm³/mol. The highest BCUT2D eigenvalue weighted by atomic mass is 35.5. The van der Waals surface area contributed by atoms with E-state index >= 15 is 0 Å². The van der Waals surface area contributed by atoms with Gasteiger partial charge in [-0.1, -0.05) is 29.8 Å².